The second kappa shape index (κ2) is 6.38. The maximum absolute atomic E-state index is 12.0. The third kappa shape index (κ3) is 3.08. The Kier molecular flexibility index (Phi) is 4.57. The summed E-state index contributed by atoms with van der Waals surface area (Å²) in [4.78, 5) is 20.2. The van der Waals surface area contributed by atoms with Crippen LogP contribution in [-0.4, -0.2) is 26.1 Å². The Morgan fingerprint density at radius 2 is 2.00 bits per heavy atom. The zero-order valence-electron chi connectivity index (χ0n) is 11.2. The van der Waals surface area contributed by atoms with E-state index in [4.69, 9.17) is 11.6 Å². The number of pyridine rings is 1. The Bertz CT molecular complexity index is 632. The average molecular weight is 292 g/mol. The quantitative estimate of drug-likeness (QED) is 0.935. The molecule has 0 unspecified atom stereocenters. The molecule has 1 N–H and O–H groups in total. The lowest BCUT2D eigenvalue weighted by atomic mass is 10.2. The first-order chi connectivity index (χ1) is 9.65. The molecule has 7 heteroatoms. The van der Waals surface area contributed by atoms with E-state index >= 15 is 0 Å². The van der Waals surface area contributed by atoms with Crippen molar-refractivity contribution < 1.29 is 4.79 Å². The molecule has 2 aromatic rings. The van der Waals surface area contributed by atoms with E-state index in [2.05, 4.69) is 25.5 Å². The fraction of sp³-hybridized carbons (Fsp3) is 0.308. The van der Waals surface area contributed by atoms with Crippen LogP contribution in [0.1, 0.15) is 35.6 Å². The third-order valence-corrected chi connectivity index (χ3v) is 3.08. The Hall–Kier alpha value is -2.08. The largest absolute Gasteiger partial charge is 0.289 e. The second-order valence-corrected chi connectivity index (χ2v) is 4.45. The lowest BCUT2D eigenvalue weighted by Crippen LogP contribution is -2.17. The van der Waals surface area contributed by atoms with Crippen molar-refractivity contribution in [2.24, 2.45) is 0 Å². The molecule has 20 heavy (non-hydrogen) atoms. The van der Waals surface area contributed by atoms with Crippen LogP contribution in [0.3, 0.4) is 0 Å². The van der Waals surface area contributed by atoms with Gasteiger partial charge < -0.3 is 0 Å². The molecular formula is C13H14ClN5O. The van der Waals surface area contributed by atoms with Gasteiger partial charge in [0.25, 0.3) is 5.91 Å². The molecule has 0 aliphatic rings. The van der Waals surface area contributed by atoms with E-state index in [0.29, 0.717) is 5.02 Å². The monoisotopic (exact) mass is 291 g/mol. The summed E-state index contributed by atoms with van der Waals surface area (Å²) in [6.07, 6.45) is 4.40. The van der Waals surface area contributed by atoms with Crippen molar-refractivity contribution in [3.8, 4) is 0 Å². The standard InChI is InChI=1S/C13H14ClN5O/c1-3-10-11(4-2)18-19-13(16-10)17-12(20)8-7-15-6-5-9(8)14/h5-7H,3-4H2,1-2H3,(H,16,17,19,20). The van der Waals surface area contributed by atoms with E-state index in [9.17, 15) is 4.79 Å². The highest BCUT2D eigenvalue weighted by molar-refractivity contribution is 6.34. The van der Waals surface area contributed by atoms with Crippen LogP contribution in [0.5, 0.6) is 0 Å². The first-order valence-electron chi connectivity index (χ1n) is 6.29. The highest BCUT2D eigenvalue weighted by Gasteiger charge is 2.13. The van der Waals surface area contributed by atoms with Gasteiger partial charge in [-0.1, -0.05) is 25.4 Å². The van der Waals surface area contributed by atoms with Crippen LogP contribution in [0.25, 0.3) is 0 Å². The summed E-state index contributed by atoms with van der Waals surface area (Å²) < 4.78 is 0. The van der Waals surface area contributed by atoms with E-state index in [1.54, 1.807) is 6.07 Å². The molecule has 0 bridgehead atoms. The van der Waals surface area contributed by atoms with Crippen LogP contribution in [-0.2, 0) is 12.8 Å². The summed E-state index contributed by atoms with van der Waals surface area (Å²) in [5.74, 6) is -0.236. The second-order valence-electron chi connectivity index (χ2n) is 4.05. The first-order valence-corrected chi connectivity index (χ1v) is 6.66. The van der Waals surface area contributed by atoms with E-state index < -0.39 is 5.91 Å². The van der Waals surface area contributed by atoms with Crippen molar-refractivity contribution in [1.29, 1.82) is 0 Å². The first kappa shape index (κ1) is 14.3. The Morgan fingerprint density at radius 3 is 2.65 bits per heavy atom. The number of nitrogens with one attached hydrogen (secondary N) is 1. The summed E-state index contributed by atoms with van der Waals surface area (Å²) in [5.41, 5.74) is 1.94. The average Bonchev–Trinajstić information content (AvgIpc) is 2.47. The Labute approximate surface area is 121 Å². The molecule has 0 aromatic carbocycles. The molecule has 0 saturated carbocycles. The number of halogens is 1. The van der Waals surface area contributed by atoms with Crippen LogP contribution < -0.4 is 5.32 Å². The molecule has 2 heterocycles. The van der Waals surface area contributed by atoms with Gasteiger partial charge in [-0.15, -0.1) is 10.2 Å². The van der Waals surface area contributed by atoms with E-state index in [1.807, 2.05) is 13.8 Å². The van der Waals surface area contributed by atoms with Gasteiger partial charge in [-0.3, -0.25) is 15.1 Å². The minimum atomic E-state index is -0.406. The SMILES string of the molecule is CCc1nnc(NC(=O)c2cnccc2Cl)nc1CC. The van der Waals surface area contributed by atoms with Gasteiger partial charge in [0.15, 0.2) is 0 Å². The molecule has 1 amide bonds. The number of aromatic nitrogens is 4. The van der Waals surface area contributed by atoms with E-state index in [0.717, 1.165) is 24.2 Å². The van der Waals surface area contributed by atoms with E-state index in [1.165, 1.54) is 12.4 Å². The molecule has 104 valence electrons. The number of hydrogen-bond donors (Lipinski definition) is 1. The summed E-state index contributed by atoms with van der Waals surface area (Å²) in [7, 11) is 0. The Balaban J connectivity index is 2.22. The maximum Gasteiger partial charge on any atom is 0.261 e. The number of aryl methyl sites for hydroxylation is 2. The fourth-order valence-corrected chi connectivity index (χ4v) is 1.90. The summed E-state index contributed by atoms with van der Waals surface area (Å²) in [5, 5.41) is 10.9. The lowest BCUT2D eigenvalue weighted by molar-refractivity contribution is 0.102. The summed E-state index contributed by atoms with van der Waals surface area (Å²) >= 11 is 5.93. The molecule has 0 aliphatic heterocycles. The molecule has 0 radical (unpaired) electrons. The van der Waals surface area contributed by atoms with Crippen LogP contribution in [0.15, 0.2) is 18.5 Å². The zero-order valence-corrected chi connectivity index (χ0v) is 12.0. The summed E-state index contributed by atoms with van der Waals surface area (Å²) in [6.45, 7) is 3.96. The van der Waals surface area contributed by atoms with E-state index in [-0.39, 0.29) is 11.5 Å². The van der Waals surface area contributed by atoms with Crippen LogP contribution in [0.2, 0.25) is 5.02 Å². The summed E-state index contributed by atoms with van der Waals surface area (Å²) in [6, 6.07) is 1.55. The Morgan fingerprint density at radius 1 is 1.25 bits per heavy atom. The van der Waals surface area contributed by atoms with Gasteiger partial charge in [0.1, 0.15) is 0 Å². The van der Waals surface area contributed by atoms with Crippen molar-refractivity contribution in [2.45, 2.75) is 26.7 Å². The number of carbonyl (C=O) groups is 1. The van der Waals surface area contributed by atoms with Crippen molar-refractivity contribution in [2.75, 3.05) is 5.32 Å². The van der Waals surface area contributed by atoms with Crippen LogP contribution in [0.4, 0.5) is 5.95 Å². The number of carbonyl (C=O) groups excluding carboxylic acids is 1. The highest BCUT2D eigenvalue weighted by Crippen LogP contribution is 2.15. The van der Waals surface area contributed by atoms with Gasteiger partial charge in [0, 0.05) is 12.4 Å². The topological polar surface area (TPSA) is 80.7 Å². The molecule has 0 spiro atoms. The zero-order chi connectivity index (χ0) is 14.5. The van der Waals surface area contributed by atoms with Crippen molar-refractivity contribution in [3.63, 3.8) is 0 Å². The van der Waals surface area contributed by atoms with Crippen LogP contribution >= 0.6 is 11.6 Å². The number of amides is 1. The maximum atomic E-state index is 12.0. The molecule has 0 fully saturated rings. The predicted molar refractivity (Wildman–Crippen MR) is 75.8 cm³/mol. The third-order valence-electron chi connectivity index (χ3n) is 2.75. The smallest absolute Gasteiger partial charge is 0.261 e. The number of anilines is 1. The highest BCUT2D eigenvalue weighted by atomic mass is 35.5. The molecule has 0 atom stereocenters. The van der Waals surface area contributed by atoms with Gasteiger partial charge in [0.05, 0.1) is 22.0 Å². The number of nitrogens with zero attached hydrogens (tertiary/aromatic N) is 4. The minimum absolute atomic E-state index is 0.170. The van der Waals surface area contributed by atoms with Gasteiger partial charge >= 0.3 is 0 Å². The van der Waals surface area contributed by atoms with Gasteiger partial charge in [-0.05, 0) is 18.9 Å². The molecule has 0 aliphatic carbocycles. The fourth-order valence-electron chi connectivity index (χ4n) is 1.70. The normalized spacial score (nSPS) is 10.3. The minimum Gasteiger partial charge on any atom is -0.289 e. The van der Waals surface area contributed by atoms with Crippen molar-refractivity contribution >= 4 is 23.5 Å². The van der Waals surface area contributed by atoms with Crippen LogP contribution in [0, 0.1) is 0 Å². The number of rotatable bonds is 4. The van der Waals surface area contributed by atoms with Crippen molar-refractivity contribution in [3.05, 3.63) is 40.4 Å². The molecular weight excluding hydrogens is 278 g/mol. The molecule has 6 nitrogen and oxygen atoms in total. The van der Waals surface area contributed by atoms with Crippen molar-refractivity contribution in [1.82, 2.24) is 20.2 Å². The lowest BCUT2D eigenvalue weighted by Gasteiger charge is -2.07. The number of hydrogen-bond acceptors (Lipinski definition) is 5. The van der Waals surface area contributed by atoms with Gasteiger partial charge in [-0.2, -0.15) is 0 Å². The molecule has 2 aromatic heterocycles. The molecule has 0 saturated heterocycles. The molecule has 2 rings (SSSR count). The van der Waals surface area contributed by atoms with Gasteiger partial charge in [-0.25, -0.2) is 4.98 Å². The predicted octanol–water partition coefficient (Wildman–Crippen LogP) is 2.30. The van der Waals surface area contributed by atoms with Gasteiger partial charge in [0.2, 0.25) is 5.95 Å².